The number of nitrogens with one attached hydrogen (secondary N) is 6. The number of aromatic nitrogens is 1. The summed E-state index contributed by atoms with van der Waals surface area (Å²) in [6.07, 6.45) is 17.5. The molecule has 5 saturated heterocycles. The molecule has 7 aliphatic rings. The van der Waals surface area contributed by atoms with E-state index in [0.717, 1.165) is 57.6 Å². The van der Waals surface area contributed by atoms with Crippen molar-refractivity contribution in [3.63, 3.8) is 0 Å². The van der Waals surface area contributed by atoms with Crippen molar-refractivity contribution in [1.29, 1.82) is 0 Å². The number of quaternary nitrogens is 5. The van der Waals surface area contributed by atoms with Crippen molar-refractivity contribution in [2.75, 3.05) is 90.0 Å². The first-order valence-electron chi connectivity index (χ1n) is 27.3. The Bertz CT molecular complexity index is 2200. The molecular formula is C61H90N8. The lowest BCUT2D eigenvalue weighted by molar-refractivity contribution is -0.870. The van der Waals surface area contributed by atoms with Gasteiger partial charge in [-0.3, -0.25) is 4.90 Å². The molecule has 1 atom stereocenters. The standard InChI is InChI=1S/C14H19N.C13H19N.C12H14N2.C11H22N2.C11H16N2/c1-15-10-8-14(9-11-15)7-6-12-4-2-3-5-13(12)14;1-14-9-7-13(8-10-14)11-12-5-3-2-4-6-12;1-14-7-6-10-9-4-2-3-5-11(9)13-12(10)8-14;1-12-9-5-11(6-10-12)13-7-3-2-4-8-13;1-12-7-9-13(10-8-12)11-5-3-2-4-6-11/h2-5,15H,1,6-11H2;2-6,13-14H,1,7-11H2;2-5,13-14H,1,6-8H2;11-12H,1-10H2;2-6,12H,1,7-10H2. The first-order chi connectivity index (χ1) is 33.7. The van der Waals surface area contributed by atoms with Crippen molar-refractivity contribution in [2.45, 2.75) is 101 Å². The van der Waals surface area contributed by atoms with Gasteiger partial charge >= 0.3 is 0 Å². The number of rotatable bonds is 4. The van der Waals surface area contributed by atoms with Gasteiger partial charge in [-0.15, -0.1) is 0 Å². The Morgan fingerprint density at radius 1 is 0.522 bits per heavy atom. The minimum atomic E-state index is 0.526. The fraction of sp³-hybridized carbons (Fsp3) is 0.492. The van der Waals surface area contributed by atoms with Crippen molar-refractivity contribution in [2.24, 2.45) is 5.92 Å². The number of para-hydroxylation sites is 2. The predicted molar refractivity (Wildman–Crippen MR) is 287 cm³/mol. The summed E-state index contributed by atoms with van der Waals surface area (Å²) >= 11 is 0. The monoisotopic (exact) mass is 935 g/mol. The van der Waals surface area contributed by atoms with Gasteiger partial charge < -0.3 is 34.4 Å². The third-order valence-corrected chi connectivity index (χ3v) is 16.8. The highest BCUT2D eigenvalue weighted by atomic mass is 15.2. The molecule has 0 saturated carbocycles. The highest BCUT2D eigenvalue weighted by Gasteiger charge is 2.41. The van der Waals surface area contributed by atoms with Crippen molar-refractivity contribution < 1.29 is 24.5 Å². The van der Waals surface area contributed by atoms with Crippen LogP contribution in [0.15, 0.2) is 109 Å². The Morgan fingerprint density at radius 3 is 1.80 bits per heavy atom. The smallest absolute Gasteiger partial charge is 0.0942 e. The van der Waals surface area contributed by atoms with Crippen molar-refractivity contribution in [1.82, 2.24) is 9.88 Å². The van der Waals surface area contributed by atoms with Crippen molar-refractivity contribution >= 4 is 16.6 Å². The molecule has 6 N–H and O–H groups in total. The highest BCUT2D eigenvalue weighted by molar-refractivity contribution is 5.84. The van der Waals surface area contributed by atoms with E-state index in [0.29, 0.717) is 5.41 Å². The fourth-order valence-corrected chi connectivity index (χ4v) is 12.3. The lowest BCUT2D eigenvalue weighted by Gasteiger charge is -2.39. The van der Waals surface area contributed by atoms with E-state index in [1.807, 2.05) is 0 Å². The number of hydrogen-bond donors (Lipinski definition) is 6. The van der Waals surface area contributed by atoms with E-state index in [1.165, 1.54) is 187 Å². The van der Waals surface area contributed by atoms with Crippen molar-refractivity contribution in [3.8, 4) is 0 Å². The maximum atomic E-state index is 4.12. The van der Waals surface area contributed by atoms with Crippen LogP contribution < -0.4 is 29.4 Å². The van der Waals surface area contributed by atoms with Crippen LogP contribution in [0.3, 0.4) is 0 Å². The third-order valence-electron chi connectivity index (χ3n) is 16.8. The molecule has 69 heavy (non-hydrogen) atoms. The molecule has 8 nitrogen and oxygen atoms in total. The zero-order valence-corrected chi connectivity index (χ0v) is 42.6. The number of aryl methyl sites for hydroxylation is 1. The molecule has 6 aliphatic heterocycles. The molecule has 7 heterocycles. The Balaban J connectivity index is 0.000000116. The van der Waals surface area contributed by atoms with Gasteiger partial charge in [0.15, 0.2) is 0 Å². The highest BCUT2D eigenvalue weighted by Crippen LogP contribution is 2.44. The number of fused-ring (bicyclic) bond motifs is 5. The van der Waals surface area contributed by atoms with Gasteiger partial charge in [-0.05, 0) is 104 Å². The summed E-state index contributed by atoms with van der Waals surface area (Å²) in [5.41, 5.74) is 10.8. The van der Waals surface area contributed by atoms with Crippen LogP contribution in [0.1, 0.15) is 92.2 Å². The zero-order valence-electron chi connectivity index (χ0n) is 42.6. The van der Waals surface area contributed by atoms with E-state index in [4.69, 9.17) is 0 Å². The van der Waals surface area contributed by atoms with Gasteiger partial charge in [0.1, 0.15) is 0 Å². The summed E-state index contributed by atoms with van der Waals surface area (Å²) in [5, 5.41) is 1.40. The summed E-state index contributed by atoms with van der Waals surface area (Å²) in [6, 6.07) is 39.9. The number of aromatic amines is 1. The molecule has 0 amide bonds. The summed E-state index contributed by atoms with van der Waals surface area (Å²) in [5.74, 6) is 0.892. The van der Waals surface area contributed by atoms with Crippen LogP contribution in [0.25, 0.3) is 10.9 Å². The number of likely N-dealkylation sites (tertiary alicyclic amines) is 4. The molecule has 1 unspecified atom stereocenters. The molecule has 12 rings (SSSR count). The second-order valence-corrected chi connectivity index (χ2v) is 21.8. The first kappa shape index (κ1) is 51.3. The molecule has 1 aromatic heterocycles. The maximum absolute atomic E-state index is 4.12. The van der Waals surface area contributed by atoms with E-state index >= 15 is 0 Å². The summed E-state index contributed by atoms with van der Waals surface area (Å²) in [7, 11) is 20.3. The van der Waals surface area contributed by atoms with Gasteiger partial charge in [0.2, 0.25) is 0 Å². The first-order valence-corrected chi connectivity index (χ1v) is 27.3. The molecule has 374 valence electrons. The molecule has 5 aromatic rings. The average molecular weight is 935 g/mol. The Labute approximate surface area is 419 Å². The Kier molecular flexibility index (Phi) is 19.3. The number of piperidine rings is 4. The van der Waals surface area contributed by atoms with E-state index in [9.17, 15) is 0 Å². The Hall–Kier alpha value is -4.02. The molecular weight excluding hydrogens is 845 g/mol. The summed E-state index contributed by atoms with van der Waals surface area (Å²) < 4.78 is 0. The molecule has 4 aromatic carbocycles. The van der Waals surface area contributed by atoms with Gasteiger partial charge in [0.05, 0.1) is 84.2 Å². The quantitative estimate of drug-likeness (QED) is 0.154. The number of anilines is 1. The van der Waals surface area contributed by atoms with Crippen LogP contribution >= 0.6 is 0 Å². The largest absolute Gasteiger partial charge is 0.468 e. The number of hydrogen-bond acceptors (Lipinski definition) is 2. The fourth-order valence-electron chi connectivity index (χ4n) is 12.3. The van der Waals surface area contributed by atoms with E-state index in [-0.39, 0.29) is 0 Å². The van der Waals surface area contributed by atoms with Crippen LogP contribution in [0.4, 0.5) is 5.69 Å². The van der Waals surface area contributed by atoms with Crippen LogP contribution in [-0.2, 0) is 31.2 Å². The average Bonchev–Trinajstić information content (AvgIpc) is 3.95. The molecule has 0 radical (unpaired) electrons. The molecule has 1 spiro atoms. The normalized spacial score (nSPS) is 28.0. The lowest BCUT2D eigenvalue weighted by Crippen LogP contribution is -3.10. The predicted octanol–water partition coefficient (Wildman–Crippen LogP) is 4.05. The summed E-state index contributed by atoms with van der Waals surface area (Å²) in [4.78, 5) is 15.8. The lowest BCUT2D eigenvalue weighted by atomic mass is 9.74. The Morgan fingerprint density at radius 2 is 1.10 bits per heavy atom. The molecule has 1 aliphatic carbocycles. The zero-order chi connectivity index (χ0) is 47.8. The second-order valence-electron chi connectivity index (χ2n) is 21.8. The summed E-state index contributed by atoms with van der Waals surface area (Å²) in [6.45, 7) is 17.0. The van der Waals surface area contributed by atoms with Gasteiger partial charge in [-0.25, -0.2) is 0 Å². The molecule has 0 bridgehead atoms. The second kappa shape index (κ2) is 25.9. The van der Waals surface area contributed by atoms with Crippen LogP contribution in [0.2, 0.25) is 0 Å². The number of benzene rings is 4. The van der Waals surface area contributed by atoms with Crippen LogP contribution in [0, 0.1) is 41.2 Å². The van der Waals surface area contributed by atoms with Crippen molar-refractivity contribution in [3.05, 3.63) is 172 Å². The SMILES string of the molecule is [CH2-][NH+]1CCC(Cc2ccccc2)CC1.[CH2-][NH+]1CCC(N2CCCCC2)CC1.[CH2-][NH+]1CCC2(CCc3ccccc32)CC1.[CH2-][NH+]1CCN(c2ccccc2)CC1.[CH2-][NH+]1CCc2c([nH]c3ccccc23)C1. The van der Waals surface area contributed by atoms with Crippen LogP contribution in [0.5, 0.6) is 0 Å². The minimum absolute atomic E-state index is 0.526. The van der Waals surface area contributed by atoms with E-state index in [1.54, 1.807) is 11.1 Å². The number of piperazine rings is 1. The van der Waals surface area contributed by atoms with E-state index < -0.39 is 0 Å². The van der Waals surface area contributed by atoms with Crippen LogP contribution in [-0.4, -0.2) is 101 Å². The number of nitrogens with zero attached hydrogens (tertiary/aromatic N) is 2. The minimum Gasteiger partial charge on any atom is -0.468 e. The van der Waals surface area contributed by atoms with Gasteiger partial charge in [-0.2, -0.15) is 35.2 Å². The van der Waals surface area contributed by atoms with Gasteiger partial charge in [0.25, 0.3) is 0 Å². The van der Waals surface area contributed by atoms with Gasteiger partial charge in [0, 0.05) is 60.2 Å². The molecule has 8 heteroatoms. The third kappa shape index (κ3) is 14.8. The maximum Gasteiger partial charge on any atom is 0.0942 e. The molecule has 5 fully saturated rings. The van der Waals surface area contributed by atoms with Gasteiger partial charge in [-0.1, -0.05) is 97.4 Å². The topological polar surface area (TPSA) is 44.5 Å². The van der Waals surface area contributed by atoms with E-state index in [2.05, 4.69) is 159 Å². The number of H-pyrrole nitrogens is 1.